The standard InChI is InChI=1S/C17H22O4/c1-8(2)16(20)21-17-10-4-3-9(5-10)14(17)12-6-11(17)7-13(12)15(18)19/h9-14H,1,3-7H2,2H3,(H,18,19). The molecule has 7 unspecified atom stereocenters. The van der Waals surface area contributed by atoms with Crippen molar-refractivity contribution in [3.05, 3.63) is 12.2 Å². The number of esters is 1. The first-order chi connectivity index (χ1) is 9.95. The molecule has 4 fully saturated rings. The Balaban J connectivity index is 1.71. The average molecular weight is 290 g/mol. The zero-order valence-corrected chi connectivity index (χ0v) is 12.4. The summed E-state index contributed by atoms with van der Waals surface area (Å²) in [5.41, 5.74) is 0.0821. The summed E-state index contributed by atoms with van der Waals surface area (Å²) in [6.07, 6.45) is 5.04. The summed E-state index contributed by atoms with van der Waals surface area (Å²) in [7, 11) is 0. The highest BCUT2D eigenvalue weighted by atomic mass is 16.6. The molecule has 0 heterocycles. The topological polar surface area (TPSA) is 63.6 Å². The molecule has 4 aliphatic rings. The number of fused-ring (bicyclic) bond motifs is 9. The molecule has 1 N–H and O–H groups in total. The number of ether oxygens (including phenoxy) is 1. The number of carbonyl (C=O) groups excluding carboxylic acids is 1. The normalized spacial score (nSPS) is 49.2. The lowest BCUT2D eigenvalue weighted by molar-refractivity contribution is -0.182. The van der Waals surface area contributed by atoms with Crippen molar-refractivity contribution >= 4 is 11.9 Å². The van der Waals surface area contributed by atoms with Crippen LogP contribution in [0.2, 0.25) is 0 Å². The summed E-state index contributed by atoms with van der Waals surface area (Å²) in [6, 6.07) is 0. The van der Waals surface area contributed by atoms with Crippen molar-refractivity contribution in [2.24, 2.45) is 35.5 Å². The number of rotatable bonds is 3. The Morgan fingerprint density at radius 1 is 1.19 bits per heavy atom. The third-order valence-electron chi connectivity index (χ3n) is 6.79. The lowest BCUT2D eigenvalue weighted by Gasteiger charge is -2.47. The Labute approximate surface area is 124 Å². The highest BCUT2D eigenvalue weighted by molar-refractivity contribution is 5.87. The fourth-order valence-corrected chi connectivity index (χ4v) is 6.28. The van der Waals surface area contributed by atoms with E-state index in [0.29, 0.717) is 23.8 Å². The SMILES string of the molecule is C=C(C)C(=O)OC12C3CCC(C3)C1C1CC2CC1C(=O)O. The minimum atomic E-state index is -0.662. The van der Waals surface area contributed by atoms with Gasteiger partial charge in [-0.25, -0.2) is 4.79 Å². The van der Waals surface area contributed by atoms with Crippen LogP contribution in [-0.4, -0.2) is 22.6 Å². The van der Waals surface area contributed by atoms with Crippen LogP contribution in [0.15, 0.2) is 12.2 Å². The quantitative estimate of drug-likeness (QED) is 0.493. The zero-order valence-electron chi connectivity index (χ0n) is 12.4. The molecule has 4 nitrogen and oxygen atoms in total. The van der Waals surface area contributed by atoms with Crippen LogP contribution < -0.4 is 0 Å². The molecule has 0 aromatic carbocycles. The Bertz CT molecular complexity index is 539. The zero-order chi connectivity index (χ0) is 14.9. The van der Waals surface area contributed by atoms with Crippen LogP contribution in [0.5, 0.6) is 0 Å². The van der Waals surface area contributed by atoms with Gasteiger partial charge < -0.3 is 9.84 Å². The van der Waals surface area contributed by atoms with E-state index in [1.807, 2.05) is 0 Å². The molecule has 0 radical (unpaired) electrons. The van der Waals surface area contributed by atoms with Crippen molar-refractivity contribution in [2.45, 2.75) is 44.6 Å². The van der Waals surface area contributed by atoms with Crippen LogP contribution in [0.1, 0.15) is 39.0 Å². The van der Waals surface area contributed by atoms with Gasteiger partial charge in [0, 0.05) is 17.4 Å². The van der Waals surface area contributed by atoms with E-state index in [9.17, 15) is 14.7 Å². The molecule has 4 saturated carbocycles. The van der Waals surface area contributed by atoms with Crippen LogP contribution in [0.4, 0.5) is 0 Å². The summed E-state index contributed by atoms with van der Waals surface area (Å²) in [5, 5.41) is 9.46. The summed E-state index contributed by atoms with van der Waals surface area (Å²) < 4.78 is 6.05. The predicted octanol–water partition coefficient (Wildman–Crippen LogP) is 2.63. The van der Waals surface area contributed by atoms with Gasteiger partial charge in [0.1, 0.15) is 5.60 Å². The van der Waals surface area contributed by atoms with Gasteiger partial charge in [-0.05, 0) is 56.8 Å². The fraction of sp³-hybridized carbons (Fsp3) is 0.765. The first-order valence-corrected chi connectivity index (χ1v) is 8.06. The Hall–Kier alpha value is -1.32. The van der Waals surface area contributed by atoms with Crippen LogP contribution in [0.25, 0.3) is 0 Å². The third-order valence-corrected chi connectivity index (χ3v) is 6.79. The molecule has 4 bridgehead atoms. The lowest BCUT2D eigenvalue weighted by atomic mass is 9.64. The number of hydrogen-bond donors (Lipinski definition) is 1. The molecule has 4 rings (SSSR count). The largest absolute Gasteiger partial charge is 0.481 e. The molecule has 4 heteroatoms. The number of carboxylic acid groups (broad SMARTS) is 1. The minimum Gasteiger partial charge on any atom is -0.481 e. The number of hydrogen-bond acceptors (Lipinski definition) is 3. The molecular weight excluding hydrogens is 268 g/mol. The van der Waals surface area contributed by atoms with Crippen molar-refractivity contribution in [3.8, 4) is 0 Å². The van der Waals surface area contributed by atoms with Gasteiger partial charge in [-0.2, -0.15) is 0 Å². The summed E-state index contributed by atoms with van der Waals surface area (Å²) in [6.45, 7) is 5.40. The molecule has 0 aromatic heterocycles. The molecule has 21 heavy (non-hydrogen) atoms. The smallest absolute Gasteiger partial charge is 0.333 e. The molecule has 114 valence electrons. The van der Waals surface area contributed by atoms with Gasteiger partial charge in [-0.3, -0.25) is 4.79 Å². The molecule has 0 aromatic rings. The van der Waals surface area contributed by atoms with E-state index in [-0.39, 0.29) is 35.2 Å². The van der Waals surface area contributed by atoms with Gasteiger partial charge >= 0.3 is 11.9 Å². The van der Waals surface area contributed by atoms with Gasteiger partial charge in [0.2, 0.25) is 0 Å². The van der Waals surface area contributed by atoms with Gasteiger partial charge in [0.05, 0.1) is 5.92 Å². The maximum Gasteiger partial charge on any atom is 0.333 e. The highest BCUT2D eigenvalue weighted by Gasteiger charge is 2.74. The van der Waals surface area contributed by atoms with Crippen LogP contribution in [0, 0.1) is 35.5 Å². The number of aliphatic carboxylic acids is 1. The van der Waals surface area contributed by atoms with Crippen molar-refractivity contribution < 1.29 is 19.4 Å². The van der Waals surface area contributed by atoms with E-state index in [1.54, 1.807) is 6.92 Å². The number of carboxylic acids is 1. The van der Waals surface area contributed by atoms with Crippen molar-refractivity contribution in [1.29, 1.82) is 0 Å². The first kappa shape index (κ1) is 13.4. The number of carbonyl (C=O) groups is 2. The van der Waals surface area contributed by atoms with Crippen molar-refractivity contribution in [2.75, 3.05) is 0 Å². The Morgan fingerprint density at radius 3 is 2.62 bits per heavy atom. The van der Waals surface area contributed by atoms with Crippen LogP contribution in [-0.2, 0) is 14.3 Å². The van der Waals surface area contributed by atoms with Crippen LogP contribution in [0.3, 0.4) is 0 Å². The van der Waals surface area contributed by atoms with E-state index < -0.39 is 5.97 Å². The monoisotopic (exact) mass is 290 g/mol. The second kappa shape index (κ2) is 4.11. The summed E-state index contributed by atoms with van der Waals surface area (Å²) >= 11 is 0. The third kappa shape index (κ3) is 1.51. The van der Waals surface area contributed by atoms with E-state index in [0.717, 1.165) is 19.3 Å². The average Bonchev–Trinajstić information content (AvgIpc) is 3.15. The summed E-state index contributed by atoms with van der Waals surface area (Å²) in [5.74, 6) is 0.561. The second-order valence-electron chi connectivity index (χ2n) is 7.60. The lowest BCUT2D eigenvalue weighted by Crippen LogP contribution is -2.53. The fourth-order valence-electron chi connectivity index (χ4n) is 6.28. The summed E-state index contributed by atoms with van der Waals surface area (Å²) in [4.78, 5) is 23.7. The van der Waals surface area contributed by atoms with E-state index in [1.165, 1.54) is 6.42 Å². The first-order valence-electron chi connectivity index (χ1n) is 8.06. The molecule has 0 spiro atoms. The predicted molar refractivity (Wildman–Crippen MR) is 75.3 cm³/mol. The van der Waals surface area contributed by atoms with Gasteiger partial charge in [0.25, 0.3) is 0 Å². The maximum absolute atomic E-state index is 12.2. The highest BCUT2D eigenvalue weighted by Crippen LogP contribution is 2.72. The van der Waals surface area contributed by atoms with Gasteiger partial charge in [-0.1, -0.05) is 6.58 Å². The van der Waals surface area contributed by atoms with E-state index in [4.69, 9.17) is 4.74 Å². The van der Waals surface area contributed by atoms with Gasteiger partial charge in [-0.15, -0.1) is 0 Å². The Kier molecular flexibility index (Phi) is 2.61. The van der Waals surface area contributed by atoms with Crippen molar-refractivity contribution in [3.63, 3.8) is 0 Å². The van der Waals surface area contributed by atoms with Gasteiger partial charge in [0.15, 0.2) is 0 Å². The molecule has 0 aliphatic heterocycles. The van der Waals surface area contributed by atoms with Crippen LogP contribution >= 0.6 is 0 Å². The van der Waals surface area contributed by atoms with E-state index >= 15 is 0 Å². The molecule has 7 atom stereocenters. The maximum atomic E-state index is 12.2. The minimum absolute atomic E-state index is 0.209. The molecule has 4 aliphatic carbocycles. The van der Waals surface area contributed by atoms with Crippen molar-refractivity contribution in [1.82, 2.24) is 0 Å². The molecular formula is C17H22O4. The molecule has 0 saturated heterocycles. The second-order valence-corrected chi connectivity index (χ2v) is 7.60. The Morgan fingerprint density at radius 2 is 1.95 bits per heavy atom. The van der Waals surface area contributed by atoms with E-state index in [2.05, 4.69) is 6.58 Å². The molecule has 0 amide bonds.